The standard InChI is InChI=1S/C11H13NO.C10H13NS.C8H11N3S.C8H10N2S2.5CH4/c1-11(2,3)9-7-8-5-4-6-12(8)10(9)13;1-10(2,3)8-6-7-4-5-11-9(7)12-8;1-8(2,3)6-10-11-5-4-9-7(11)12-6;1-8(2,3)7-10-6-5(12-7)9-4-11-6;;;;;/h4-7H,1-3H3;4-6,11H,1-3H3;4-5H,1-3H3;4H,1-3H3;5*1H4. The Morgan fingerprint density at radius 2 is 1.35 bits per heavy atom. The third-order valence-electron chi connectivity index (χ3n) is 7.48. The van der Waals surface area contributed by atoms with Gasteiger partial charge in [0.25, 0.3) is 5.91 Å². The molecule has 0 saturated heterocycles. The molecule has 54 heavy (non-hydrogen) atoms. The van der Waals surface area contributed by atoms with Crippen molar-refractivity contribution in [3.8, 4) is 0 Å². The number of aromatic nitrogens is 7. The van der Waals surface area contributed by atoms with Crippen LogP contribution < -0.4 is 0 Å². The van der Waals surface area contributed by atoms with Crippen LogP contribution in [0.1, 0.15) is 146 Å². The molecule has 0 aromatic carbocycles. The number of thiazole rings is 2. The number of hydrogen-bond acceptors (Lipinski definition) is 9. The summed E-state index contributed by atoms with van der Waals surface area (Å²) in [5, 5.41) is 8.06. The van der Waals surface area contributed by atoms with Crippen LogP contribution in [0.2, 0.25) is 0 Å². The lowest BCUT2D eigenvalue weighted by Gasteiger charge is -2.18. The number of aromatic amines is 1. The molecule has 8 nitrogen and oxygen atoms in total. The number of allylic oxidation sites excluding steroid dienone is 1. The molecule has 7 aromatic rings. The zero-order valence-corrected chi connectivity index (χ0v) is 33.8. The Bertz CT molecular complexity index is 1930. The summed E-state index contributed by atoms with van der Waals surface area (Å²) in [6, 6.07) is 8.25. The van der Waals surface area contributed by atoms with E-state index in [1.54, 1.807) is 44.8 Å². The van der Waals surface area contributed by atoms with Gasteiger partial charge < -0.3 is 4.98 Å². The Balaban J connectivity index is 0.000000673. The molecule has 300 valence electrons. The van der Waals surface area contributed by atoms with Gasteiger partial charge in [-0.3, -0.25) is 9.36 Å². The minimum absolute atomic E-state index is 0. The summed E-state index contributed by atoms with van der Waals surface area (Å²) < 4.78 is 3.52. The molecule has 1 N–H and O–H groups in total. The van der Waals surface area contributed by atoms with E-state index >= 15 is 0 Å². The molecule has 0 aliphatic carbocycles. The summed E-state index contributed by atoms with van der Waals surface area (Å²) in [5.74, 6) is 0.118. The van der Waals surface area contributed by atoms with Crippen molar-refractivity contribution in [3.05, 3.63) is 80.7 Å². The average Bonchev–Trinajstić information content (AvgIpc) is 3.77. The Hall–Kier alpha value is -3.45. The first-order valence-corrected chi connectivity index (χ1v) is 19.6. The van der Waals surface area contributed by atoms with E-state index in [2.05, 4.69) is 120 Å². The molecule has 12 heteroatoms. The Labute approximate surface area is 341 Å². The lowest BCUT2D eigenvalue weighted by Crippen LogP contribution is -2.18. The summed E-state index contributed by atoms with van der Waals surface area (Å²) in [7, 11) is 0. The fourth-order valence-electron chi connectivity index (χ4n) is 4.63. The normalized spacial score (nSPS) is 12.2. The van der Waals surface area contributed by atoms with Gasteiger partial charge in [-0.25, -0.2) is 19.5 Å². The molecule has 0 fully saturated rings. The predicted molar refractivity (Wildman–Crippen MR) is 245 cm³/mol. The van der Waals surface area contributed by atoms with Gasteiger partial charge in [-0.05, 0) is 41.2 Å². The molecule has 0 radical (unpaired) electrons. The van der Waals surface area contributed by atoms with E-state index in [1.165, 1.54) is 20.1 Å². The average molecular weight is 814 g/mol. The molecule has 8 heterocycles. The molecule has 0 unspecified atom stereocenters. The number of rotatable bonds is 0. The van der Waals surface area contributed by atoms with Gasteiger partial charge in [0.2, 0.25) is 4.96 Å². The minimum atomic E-state index is -0.0594. The highest BCUT2D eigenvalue weighted by Gasteiger charge is 2.30. The van der Waals surface area contributed by atoms with Gasteiger partial charge >= 0.3 is 0 Å². The van der Waals surface area contributed by atoms with E-state index in [0.29, 0.717) is 0 Å². The number of imidazole rings is 1. The van der Waals surface area contributed by atoms with Gasteiger partial charge in [-0.15, -0.1) is 22.7 Å². The molecule has 0 spiro atoms. The van der Waals surface area contributed by atoms with Crippen LogP contribution in [0, 0.1) is 5.41 Å². The zero-order valence-electron chi connectivity index (χ0n) is 30.5. The second kappa shape index (κ2) is 18.9. The molecule has 7 aromatic heterocycles. The third kappa shape index (κ3) is 11.8. The predicted octanol–water partition coefficient (Wildman–Crippen LogP) is 14.4. The number of hydrogen-bond donors (Lipinski definition) is 1. The van der Waals surface area contributed by atoms with Crippen LogP contribution in [0.25, 0.3) is 30.9 Å². The quantitative estimate of drug-likeness (QED) is 0.165. The van der Waals surface area contributed by atoms with E-state index in [1.807, 2.05) is 58.2 Å². The molecule has 0 amide bonds. The highest BCUT2D eigenvalue weighted by atomic mass is 32.1. The summed E-state index contributed by atoms with van der Waals surface area (Å²) in [4.78, 5) is 33.8. The van der Waals surface area contributed by atoms with Crippen molar-refractivity contribution >= 4 is 82.2 Å². The van der Waals surface area contributed by atoms with Crippen LogP contribution in [0.4, 0.5) is 0 Å². The van der Waals surface area contributed by atoms with E-state index < -0.39 is 0 Å². The van der Waals surface area contributed by atoms with Crippen LogP contribution in [-0.2, 0) is 16.2 Å². The Morgan fingerprint density at radius 3 is 1.87 bits per heavy atom. The first-order chi connectivity index (χ1) is 22.7. The van der Waals surface area contributed by atoms with E-state index in [4.69, 9.17) is 0 Å². The van der Waals surface area contributed by atoms with Crippen LogP contribution in [0.5, 0.6) is 0 Å². The Kier molecular flexibility index (Phi) is 17.7. The minimum Gasteiger partial charge on any atom is -0.353 e. The van der Waals surface area contributed by atoms with E-state index in [9.17, 15) is 4.79 Å². The topological polar surface area (TPSA) is 93.8 Å². The maximum absolute atomic E-state index is 11.8. The second-order valence-corrected chi connectivity index (χ2v) is 19.9. The molecular formula is C42H67N7OS4. The van der Waals surface area contributed by atoms with Crippen molar-refractivity contribution in [2.75, 3.05) is 0 Å². The lowest BCUT2D eigenvalue weighted by molar-refractivity contribution is 0.0941. The maximum Gasteiger partial charge on any atom is 0.258 e. The summed E-state index contributed by atoms with van der Waals surface area (Å²) >= 11 is 6.82. The van der Waals surface area contributed by atoms with Crippen molar-refractivity contribution in [3.63, 3.8) is 0 Å². The molecule has 1 aliphatic rings. The number of nitrogens with zero attached hydrogens (tertiary/aromatic N) is 6. The molecule has 0 bridgehead atoms. The first kappa shape index (κ1) is 50.6. The number of fused-ring (bicyclic) bond motifs is 4. The fourth-order valence-corrected chi connectivity index (χ4v) is 8.45. The second-order valence-electron chi connectivity index (χ2n) is 16.1. The fraction of sp³-hybridized carbons (Fsp3) is 0.500. The van der Waals surface area contributed by atoms with Crippen LogP contribution in [0.15, 0.2) is 60.1 Å². The van der Waals surface area contributed by atoms with Crippen LogP contribution in [-0.4, -0.2) is 40.0 Å². The number of carbonyl (C=O) groups excluding carboxylic acids is 1. The van der Waals surface area contributed by atoms with Crippen molar-refractivity contribution < 1.29 is 4.79 Å². The summed E-state index contributed by atoms with van der Waals surface area (Å²) in [6.07, 6.45) is 9.43. The monoisotopic (exact) mass is 813 g/mol. The van der Waals surface area contributed by atoms with Gasteiger partial charge in [0, 0.05) is 51.0 Å². The maximum atomic E-state index is 11.8. The van der Waals surface area contributed by atoms with Gasteiger partial charge in [0.1, 0.15) is 10.0 Å². The van der Waals surface area contributed by atoms with Crippen LogP contribution >= 0.6 is 45.3 Å². The number of thiophene rings is 1. The number of carbonyl (C=O) groups is 1. The van der Waals surface area contributed by atoms with Crippen molar-refractivity contribution in [2.45, 2.75) is 136 Å². The lowest BCUT2D eigenvalue weighted by atomic mass is 9.86. The first-order valence-electron chi connectivity index (χ1n) is 16.2. The molecule has 0 atom stereocenters. The van der Waals surface area contributed by atoms with E-state index in [0.717, 1.165) is 30.9 Å². The number of nitrogens with one attached hydrogen (secondary N) is 1. The van der Waals surface area contributed by atoms with Crippen molar-refractivity contribution in [2.24, 2.45) is 5.41 Å². The summed E-state index contributed by atoms with van der Waals surface area (Å²) in [5.41, 5.74) is 4.25. The Morgan fingerprint density at radius 1 is 0.704 bits per heavy atom. The van der Waals surface area contributed by atoms with Gasteiger partial charge in [0.05, 0.1) is 16.5 Å². The SMILES string of the molecule is C.C.C.C.C.CC(C)(C)C1=Cc2cccn2C1=O.CC(C)(C)c1cc2cc[nH]c2s1.CC(C)(C)c1nc2scnc2s1.CC(C)(C)c1nn2ccnc2s1. The molecule has 0 saturated carbocycles. The van der Waals surface area contributed by atoms with Crippen LogP contribution in [0.3, 0.4) is 0 Å². The molecule has 8 rings (SSSR count). The molecule has 1 aliphatic heterocycles. The highest BCUT2D eigenvalue weighted by molar-refractivity contribution is 7.25. The third-order valence-corrected chi connectivity index (χ3v) is 12.6. The van der Waals surface area contributed by atoms with Crippen molar-refractivity contribution in [1.82, 2.24) is 34.1 Å². The van der Waals surface area contributed by atoms with Gasteiger partial charge in [0.15, 0.2) is 9.66 Å². The number of H-pyrrole nitrogens is 1. The van der Waals surface area contributed by atoms with Crippen molar-refractivity contribution in [1.29, 1.82) is 0 Å². The summed E-state index contributed by atoms with van der Waals surface area (Å²) in [6.45, 7) is 25.9. The highest BCUT2D eigenvalue weighted by Crippen LogP contribution is 2.35. The molecular weight excluding hydrogens is 747 g/mol. The van der Waals surface area contributed by atoms with Gasteiger partial charge in [-0.2, -0.15) is 5.10 Å². The van der Waals surface area contributed by atoms with E-state index in [-0.39, 0.29) is 64.7 Å². The largest absolute Gasteiger partial charge is 0.353 e. The zero-order chi connectivity index (χ0) is 35.9. The smallest absolute Gasteiger partial charge is 0.258 e. The van der Waals surface area contributed by atoms with Gasteiger partial charge in [-0.1, -0.05) is 143 Å².